The van der Waals surface area contributed by atoms with E-state index in [2.05, 4.69) is 47.2 Å². The first-order chi connectivity index (χ1) is 19.9. The van der Waals surface area contributed by atoms with Crippen LogP contribution in [-0.2, 0) is 0 Å². The lowest BCUT2D eigenvalue weighted by Crippen LogP contribution is -2.31. The summed E-state index contributed by atoms with van der Waals surface area (Å²) in [6.07, 6.45) is 11.0. The van der Waals surface area contributed by atoms with Crippen LogP contribution in [0.3, 0.4) is 0 Å². The number of piperidine rings is 2. The fourth-order valence-corrected chi connectivity index (χ4v) is 6.38. The first-order valence-electron chi connectivity index (χ1n) is 14.3. The summed E-state index contributed by atoms with van der Waals surface area (Å²) in [7, 11) is 2.13. The molecule has 6 heterocycles. The van der Waals surface area contributed by atoms with Crippen LogP contribution in [0.1, 0.15) is 53.9 Å². The zero-order chi connectivity index (χ0) is 28.1. The molecule has 4 aromatic heterocycles. The number of anilines is 1. The molecule has 0 saturated carbocycles. The third-order valence-corrected chi connectivity index (χ3v) is 8.62. The van der Waals surface area contributed by atoms with Gasteiger partial charge in [-0.15, -0.1) is 0 Å². The number of pyridine rings is 1. The van der Waals surface area contributed by atoms with Crippen molar-refractivity contribution in [1.29, 1.82) is 0 Å². The van der Waals surface area contributed by atoms with Gasteiger partial charge < -0.3 is 25.1 Å². The van der Waals surface area contributed by atoms with E-state index in [4.69, 9.17) is 0 Å². The van der Waals surface area contributed by atoms with E-state index in [1.165, 1.54) is 6.07 Å². The molecule has 2 saturated heterocycles. The largest absolute Gasteiger partial charge is 0.346 e. The van der Waals surface area contributed by atoms with Crippen LogP contribution < -0.4 is 10.6 Å². The summed E-state index contributed by atoms with van der Waals surface area (Å²) in [6.45, 7) is 5.89. The molecule has 2 fully saturated rings. The molecular weight excluding hydrogens is 521 g/mol. The van der Waals surface area contributed by atoms with Crippen LogP contribution in [0.2, 0.25) is 0 Å². The van der Waals surface area contributed by atoms with Crippen molar-refractivity contribution in [2.45, 2.75) is 44.7 Å². The van der Waals surface area contributed by atoms with Crippen molar-refractivity contribution in [1.82, 2.24) is 39.5 Å². The average Bonchev–Trinajstić information content (AvgIpc) is 3.71. The quantitative estimate of drug-likeness (QED) is 0.291. The van der Waals surface area contributed by atoms with Gasteiger partial charge in [0.1, 0.15) is 17.0 Å². The Labute approximate surface area is 237 Å². The molecule has 0 spiro atoms. The topological polar surface area (TPSA) is 109 Å². The number of hydrogen-bond donors (Lipinski definition) is 3. The summed E-state index contributed by atoms with van der Waals surface area (Å²) in [6, 6.07) is 5.96. The summed E-state index contributed by atoms with van der Waals surface area (Å²) in [5.41, 5.74) is 4.40. The number of nitrogens with zero attached hydrogens (tertiary/aromatic N) is 6. The van der Waals surface area contributed by atoms with E-state index in [1.807, 2.05) is 36.1 Å². The highest BCUT2D eigenvalue weighted by Gasteiger charge is 2.24. The molecule has 0 radical (unpaired) electrons. The van der Waals surface area contributed by atoms with Crippen LogP contribution in [0, 0.1) is 12.7 Å². The van der Waals surface area contributed by atoms with Gasteiger partial charge in [-0.2, -0.15) is 5.10 Å². The van der Waals surface area contributed by atoms with Gasteiger partial charge in [-0.1, -0.05) is 0 Å². The van der Waals surface area contributed by atoms with Crippen molar-refractivity contribution in [2.75, 3.05) is 38.5 Å². The van der Waals surface area contributed by atoms with E-state index in [9.17, 15) is 4.79 Å². The monoisotopic (exact) mass is 555 g/mol. The van der Waals surface area contributed by atoms with Crippen molar-refractivity contribution < 1.29 is 9.18 Å². The molecule has 212 valence electrons. The lowest BCUT2D eigenvalue weighted by molar-refractivity contribution is 0.102. The van der Waals surface area contributed by atoms with Crippen molar-refractivity contribution in [2.24, 2.45) is 0 Å². The SMILES string of the molecule is Cc1nc2c(F)cc(-c3c[nH]c4ncc(C(=O)Nc5cnn(C6CCNCC6)c5)cc34)cc2n1C1CCN(C)CC1. The Balaban J connectivity index is 1.19. The second kappa shape index (κ2) is 10.4. The minimum absolute atomic E-state index is 0.269. The predicted molar refractivity (Wildman–Crippen MR) is 157 cm³/mol. The molecule has 0 unspecified atom stereocenters. The van der Waals surface area contributed by atoms with Gasteiger partial charge in [0.25, 0.3) is 5.91 Å². The van der Waals surface area contributed by atoms with Gasteiger partial charge in [0.15, 0.2) is 5.82 Å². The first-order valence-corrected chi connectivity index (χ1v) is 14.3. The Kier molecular flexibility index (Phi) is 6.55. The molecular formula is C30H34FN9O. The van der Waals surface area contributed by atoms with Crippen LogP contribution in [0.4, 0.5) is 10.1 Å². The van der Waals surface area contributed by atoms with E-state index < -0.39 is 0 Å². The second-order valence-corrected chi connectivity index (χ2v) is 11.4. The van der Waals surface area contributed by atoms with E-state index >= 15 is 4.39 Å². The third kappa shape index (κ3) is 4.78. The number of nitrogens with one attached hydrogen (secondary N) is 3. The normalized spacial score (nSPS) is 17.5. The van der Waals surface area contributed by atoms with Gasteiger partial charge in [0, 0.05) is 35.6 Å². The van der Waals surface area contributed by atoms with Crippen LogP contribution in [-0.4, -0.2) is 73.3 Å². The first kappa shape index (κ1) is 25.8. The summed E-state index contributed by atoms with van der Waals surface area (Å²) in [5.74, 6) is 0.205. The van der Waals surface area contributed by atoms with Crippen LogP contribution in [0.5, 0.6) is 0 Å². The Morgan fingerprint density at radius 3 is 2.68 bits per heavy atom. The molecule has 3 N–H and O–H groups in total. The van der Waals surface area contributed by atoms with Crippen molar-refractivity contribution >= 4 is 33.7 Å². The van der Waals surface area contributed by atoms with Crippen LogP contribution in [0.15, 0.2) is 43.0 Å². The lowest BCUT2D eigenvalue weighted by Gasteiger charge is -2.30. The number of amides is 1. The number of fused-ring (bicyclic) bond motifs is 2. The number of H-pyrrole nitrogens is 1. The van der Waals surface area contributed by atoms with Gasteiger partial charge in [-0.25, -0.2) is 14.4 Å². The summed E-state index contributed by atoms with van der Waals surface area (Å²) < 4.78 is 19.6. The van der Waals surface area contributed by atoms with Crippen molar-refractivity contribution in [3.05, 3.63) is 60.2 Å². The minimum atomic E-state index is -0.353. The highest BCUT2D eigenvalue weighted by Crippen LogP contribution is 2.35. The maximum Gasteiger partial charge on any atom is 0.257 e. The number of benzene rings is 1. The average molecular weight is 556 g/mol. The minimum Gasteiger partial charge on any atom is -0.346 e. The number of imidazole rings is 1. The fraction of sp³-hybridized carbons (Fsp3) is 0.400. The number of aromatic amines is 1. The highest BCUT2D eigenvalue weighted by molar-refractivity contribution is 6.07. The molecule has 2 aliphatic rings. The maximum absolute atomic E-state index is 15.5. The number of aromatic nitrogens is 6. The summed E-state index contributed by atoms with van der Waals surface area (Å²) in [4.78, 5) is 27.8. The Hall–Kier alpha value is -4.09. The van der Waals surface area contributed by atoms with Gasteiger partial charge in [-0.3, -0.25) is 9.48 Å². The standard InChI is InChI=1S/C30H34FN9O/c1-18-36-28-26(31)12-19(13-27(28)40(18)23-5-9-38(2)10-6-23)25-16-34-29-24(25)11-20(14-33-29)30(41)37-21-15-35-39(17-21)22-3-7-32-8-4-22/h11-17,22-23,32H,3-10H2,1-2H3,(H,33,34)(H,37,41). The smallest absolute Gasteiger partial charge is 0.257 e. The number of carbonyl (C=O) groups is 1. The van der Waals surface area contributed by atoms with Crippen LogP contribution in [0.25, 0.3) is 33.2 Å². The fourth-order valence-electron chi connectivity index (χ4n) is 6.38. The highest BCUT2D eigenvalue weighted by atomic mass is 19.1. The molecule has 41 heavy (non-hydrogen) atoms. The van der Waals surface area contributed by atoms with E-state index in [0.717, 1.165) is 79.7 Å². The zero-order valence-corrected chi connectivity index (χ0v) is 23.3. The molecule has 10 nitrogen and oxygen atoms in total. The van der Waals surface area contributed by atoms with Gasteiger partial charge in [-0.05, 0) is 89.6 Å². The molecule has 0 atom stereocenters. The van der Waals surface area contributed by atoms with Crippen molar-refractivity contribution in [3.8, 4) is 11.1 Å². The second-order valence-electron chi connectivity index (χ2n) is 11.4. The van der Waals surface area contributed by atoms with Crippen molar-refractivity contribution in [3.63, 3.8) is 0 Å². The molecule has 7 rings (SSSR count). The lowest BCUT2D eigenvalue weighted by atomic mass is 10.0. The zero-order valence-electron chi connectivity index (χ0n) is 23.3. The number of hydrogen-bond acceptors (Lipinski definition) is 6. The maximum atomic E-state index is 15.5. The van der Waals surface area contributed by atoms with E-state index in [0.29, 0.717) is 28.5 Å². The summed E-state index contributed by atoms with van der Waals surface area (Å²) >= 11 is 0. The number of likely N-dealkylation sites (tertiary alicyclic amines) is 1. The van der Waals surface area contributed by atoms with E-state index in [1.54, 1.807) is 12.4 Å². The summed E-state index contributed by atoms with van der Waals surface area (Å²) in [5, 5.41) is 11.5. The molecule has 1 amide bonds. The number of aryl methyl sites for hydroxylation is 1. The van der Waals surface area contributed by atoms with Gasteiger partial charge in [0.2, 0.25) is 0 Å². The number of carbonyl (C=O) groups excluding carboxylic acids is 1. The van der Waals surface area contributed by atoms with Gasteiger partial charge >= 0.3 is 0 Å². The Morgan fingerprint density at radius 1 is 1.07 bits per heavy atom. The Bertz CT molecular complexity index is 1740. The molecule has 11 heteroatoms. The number of halogens is 1. The molecule has 2 aliphatic heterocycles. The van der Waals surface area contributed by atoms with Gasteiger partial charge in [0.05, 0.1) is 29.0 Å². The molecule has 0 bridgehead atoms. The molecule has 0 aliphatic carbocycles. The predicted octanol–water partition coefficient (Wildman–Crippen LogP) is 4.67. The van der Waals surface area contributed by atoms with E-state index in [-0.39, 0.29) is 17.8 Å². The number of rotatable bonds is 5. The van der Waals surface area contributed by atoms with Crippen LogP contribution >= 0.6 is 0 Å². The Morgan fingerprint density at radius 2 is 1.88 bits per heavy atom. The molecule has 1 aromatic carbocycles. The third-order valence-electron chi connectivity index (χ3n) is 8.62. The molecule has 5 aromatic rings.